The van der Waals surface area contributed by atoms with Gasteiger partial charge in [-0.25, -0.2) is 4.68 Å². The minimum atomic E-state index is -0.188. The molecular weight excluding hydrogens is 314 g/mol. The number of H-pyrrole nitrogens is 1. The van der Waals surface area contributed by atoms with Gasteiger partial charge in [0.25, 0.3) is 5.56 Å². The number of phenolic OH excluding ortho intramolecular Hbond substituents is 1. The molecule has 23 heavy (non-hydrogen) atoms. The number of rotatable bonds is 3. The van der Waals surface area contributed by atoms with Crippen LogP contribution in [0.5, 0.6) is 5.75 Å². The number of halogens is 1. The van der Waals surface area contributed by atoms with E-state index in [-0.39, 0.29) is 11.3 Å². The van der Waals surface area contributed by atoms with E-state index in [1.807, 2.05) is 6.92 Å². The molecule has 0 atom stereocenters. The number of aliphatic imine (C=N–C) groups is 1. The van der Waals surface area contributed by atoms with Crippen LogP contribution in [-0.4, -0.2) is 21.1 Å². The smallest absolute Gasteiger partial charge is 0.280 e. The summed E-state index contributed by atoms with van der Waals surface area (Å²) < 4.78 is 1.45. The summed E-state index contributed by atoms with van der Waals surface area (Å²) >= 11 is 5.87. The first kappa shape index (κ1) is 15.1. The fourth-order valence-electron chi connectivity index (χ4n) is 2.16. The molecule has 0 radical (unpaired) electrons. The molecule has 0 unspecified atom stereocenters. The van der Waals surface area contributed by atoms with Gasteiger partial charge in [-0.3, -0.25) is 14.9 Å². The third-order valence-electron chi connectivity index (χ3n) is 3.39. The number of aryl methyl sites for hydroxylation is 1. The Bertz CT molecular complexity index is 907. The lowest BCUT2D eigenvalue weighted by atomic mass is 10.2. The SMILES string of the molecule is Cc1[nH]n(-c2ccc(Cl)cc2)c(=O)c1C=Nc1ccc(O)cc1. The van der Waals surface area contributed by atoms with E-state index < -0.39 is 0 Å². The molecule has 0 aliphatic rings. The van der Waals surface area contributed by atoms with Crippen LogP contribution >= 0.6 is 11.6 Å². The van der Waals surface area contributed by atoms with Crippen molar-refractivity contribution < 1.29 is 5.11 Å². The maximum absolute atomic E-state index is 12.5. The maximum atomic E-state index is 12.5. The highest BCUT2D eigenvalue weighted by molar-refractivity contribution is 6.30. The van der Waals surface area contributed by atoms with Crippen molar-refractivity contribution in [3.05, 3.63) is 75.2 Å². The topological polar surface area (TPSA) is 70.4 Å². The molecule has 0 amide bonds. The summed E-state index contributed by atoms with van der Waals surface area (Å²) in [5.74, 6) is 0.173. The van der Waals surface area contributed by atoms with Gasteiger partial charge in [0.2, 0.25) is 0 Å². The zero-order valence-electron chi connectivity index (χ0n) is 12.3. The van der Waals surface area contributed by atoms with Crippen LogP contribution < -0.4 is 5.56 Å². The Kier molecular flexibility index (Phi) is 4.04. The zero-order valence-corrected chi connectivity index (χ0v) is 13.1. The van der Waals surface area contributed by atoms with Crippen LogP contribution in [-0.2, 0) is 0 Å². The van der Waals surface area contributed by atoms with Crippen molar-refractivity contribution in [2.45, 2.75) is 6.92 Å². The third kappa shape index (κ3) is 3.19. The van der Waals surface area contributed by atoms with E-state index in [0.29, 0.717) is 27.7 Å². The maximum Gasteiger partial charge on any atom is 0.280 e. The van der Waals surface area contributed by atoms with E-state index in [1.54, 1.807) is 48.5 Å². The Morgan fingerprint density at radius 1 is 1.13 bits per heavy atom. The van der Waals surface area contributed by atoms with Gasteiger partial charge in [-0.05, 0) is 55.5 Å². The first-order valence-corrected chi connectivity index (χ1v) is 7.33. The molecule has 1 aromatic heterocycles. The number of hydrogen-bond acceptors (Lipinski definition) is 3. The van der Waals surface area contributed by atoms with Gasteiger partial charge in [-0.1, -0.05) is 11.6 Å². The molecule has 0 aliphatic carbocycles. The minimum absolute atomic E-state index is 0.173. The standard InChI is InChI=1S/C17H14ClN3O2/c1-11-16(10-19-13-4-8-15(22)9-5-13)17(23)21(20-11)14-6-2-12(18)3-7-14/h2-10,20,22H,1H3. The summed E-state index contributed by atoms with van der Waals surface area (Å²) in [6.45, 7) is 1.81. The van der Waals surface area contributed by atoms with Crippen LogP contribution in [0.1, 0.15) is 11.3 Å². The largest absolute Gasteiger partial charge is 0.508 e. The summed E-state index contributed by atoms with van der Waals surface area (Å²) in [7, 11) is 0. The van der Waals surface area contributed by atoms with E-state index in [0.717, 1.165) is 0 Å². The van der Waals surface area contributed by atoms with Gasteiger partial charge in [0, 0.05) is 16.9 Å². The molecule has 5 nitrogen and oxygen atoms in total. The average molecular weight is 328 g/mol. The molecule has 0 aliphatic heterocycles. The van der Waals surface area contributed by atoms with Crippen molar-refractivity contribution >= 4 is 23.5 Å². The minimum Gasteiger partial charge on any atom is -0.508 e. The Morgan fingerprint density at radius 3 is 2.43 bits per heavy atom. The molecule has 3 aromatic rings. The van der Waals surface area contributed by atoms with Crippen LogP contribution in [0.2, 0.25) is 5.02 Å². The second-order valence-corrected chi connectivity index (χ2v) is 5.48. The van der Waals surface area contributed by atoms with Crippen LogP contribution in [0.3, 0.4) is 0 Å². The predicted octanol–water partition coefficient (Wildman–Crippen LogP) is 3.58. The molecule has 2 N–H and O–H groups in total. The molecule has 0 saturated heterocycles. The monoisotopic (exact) mass is 327 g/mol. The number of aromatic amines is 1. The van der Waals surface area contributed by atoms with Gasteiger partial charge < -0.3 is 5.11 Å². The summed E-state index contributed by atoms with van der Waals surface area (Å²) in [5.41, 5.74) is 2.36. The highest BCUT2D eigenvalue weighted by atomic mass is 35.5. The Hall–Kier alpha value is -2.79. The van der Waals surface area contributed by atoms with Gasteiger partial charge in [-0.15, -0.1) is 0 Å². The number of nitrogens with zero attached hydrogens (tertiary/aromatic N) is 2. The number of benzene rings is 2. The zero-order chi connectivity index (χ0) is 16.4. The van der Waals surface area contributed by atoms with Crippen LogP contribution in [0.25, 0.3) is 5.69 Å². The Morgan fingerprint density at radius 2 is 1.78 bits per heavy atom. The molecule has 116 valence electrons. The van der Waals surface area contributed by atoms with E-state index in [4.69, 9.17) is 11.6 Å². The second kappa shape index (κ2) is 6.14. The van der Waals surface area contributed by atoms with Crippen molar-refractivity contribution in [1.29, 1.82) is 0 Å². The number of hydrogen-bond donors (Lipinski definition) is 2. The molecule has 0 spiro atoms. The molecule has 0 fully saturated rings. The van der Waals surface area contributed by atoms with Gasteiger partial charge in [-0.2, -0.15) is 0 Å². The molecule has 3 rings (SSSR count). The first-order chi connectivity index (χ1) is 11.0. The fraction of sp³-hybridized carbons (Fsp3) is 0.0588. The first-order valence-electron chi connectivity index (χ1n) is 6.95. The normalized spacial score (nSPS) is 11.2. The van der Waals surface area contributed by atoms with Crippen LogP contribution in [0.4, 0.5) is 5.69 Å². The van der Waals surface area contributed by atoms with E-state index in [1.165, 1.54) is 10.9 Å². The van der Waals surface area contributed by atoms with Crippen molar-refractivity contribution in [2.75, 3.05) is 0 Å². The van der Waals surface area contributed by atoms with Crippen molar-refractivity contribution in [2.24, 2.45) is 4.99 Å². The van der Waals surface area contributed by atoms with Crippen molar-refractivity contribution in [3.8, 4) is 11.4 Å². The quantitative estimate of drug-likeness (QED) is 0.722. The number of aromatic nitrogens is 2. The van der Waals surface area contributed by atoms with E-state index in [9.17, 15) is 9.90 Å². The molecular formula is C17H14ClN3O2. The fourth-order valence-corrected chi connectivity index (χ4v) is 2.29. The lowest BCUT2D eigenvalue weighted by Gasteiger charge is -2.00. The van der Waals surface area contributed by atoms with Crippen LogP contribution in [0.15, 0.2) is 58.3 Å². The van der Waals surface area contributed by atoms with Gasteiger partial charge in [0.15, 0.2) is 0 Å². The summed E-state index contributed by atoms with van der Waals surface area (Å²) in [4.78, 5) is 16.8. The highest BCUT2D eigenvalue weighted by Gasteiger charge is 2.10. The Labute approximate surface area is 137 Å². The summed E-state index contributed by atoms with van der Waals surface area (Å²) in [5, 5.41) is 12.9. The number of nitrogens with one attached hydrogen (secondary N) is 1. The van der Waals surface area contributed by atoms with Gasteiger partial charge >= 0.3 is 0 Å². The average Bonchev–Trinajstić information content (AvgIpc) is 2.82. The summed E-state index contributed by atoms with van der Waals surface area (Å²) in [6, 6.07) is 13.4. The number of aromatic hydroxyl groups is 1. The predicted molar refractivity (Wildman–Crippen MR) is 91.5 cm³/mol. The van der Waals surface area contributed by atoms with E-state index >= 15 is 0 Å². The number of phenols is 1. The Balaban J connectivity index is 1.96. The second-order valence-electron chi connectivity index (χ2n) is 5.04. The lowest BCUT2D eigenvalue weighted by molar-refractivity contribution is 0.475. The van der Waals surface area contributed by atoms with Crippen LogP contribution in [0, 0.1) is 6.92 Å². The molecule has 0 bridgehead atoms. The van der Waals surface area contributed by atoms with Gasteiger partial charge in [0.05, 0.1) is 16.9 Å². The third-order valence-corrected chi connectivity index (χ3v) is 3.65. The van der Waals surface area contributed by atoms with Crippen molar-refractivity contribution in [3.63, 3.8) is 0 Å². The molecule has 6 heteroatoms. The summed E-state index contributed by atoms with van der Waals surface area (Å²) in [6.07, 6.45) is 1.52. The molecule has 1 heterocycles. The molecule has 0 saturated carbocycles. The van der Waals surface area contributed by atoms with Crippen molar-refractivity contribution in [1.82, 2.24) is 9.78 Å². The lowest BCUT2D eigenvalue weighted by Crippen LogP contribution is -2.17. The van der Waals surface area contributed by atoms with Gasteiger partial charge in [0.1, 0.15) is 5.75 Å². The molecule has 2 aromatic carbocycles. The highest BCUT2D eigenvalue weighted by Crippen LogP contribution is 2.17. The van der Waals surface area contributed by atoms with E-state index in [2.05, 4.69) is 10.1 Å².